The van der Waals surface area contributed by atoms with E-state index in [9.17, 15) is 10.1 Å². The maximum Gasteiger partial charge on any atom is 0.270 e. The smallest absolute Gasteiger partial charge is 0.270 e. The Morgan fingerprint density at radius 2 is 2.03 bits per heavy atom. The van der Waals surface area contributed by atoms with Gasteiger partial charge >= 0.3 is 0 Å². The summed E-state index contributed by atoms with van der Waals surface area (Å²) in [5.74, 6) is 0.712. The summed E-state index contributed by atoms with van der Waals surface area (Å²) >= 11 is 3.42. The highest BCUT2D eigenvalue weighted by Crippen LogP contribution is 2.22. The predicted octanol–water partition coefficient (Wildman–Crippen LogP) is 4.20. The van der Waals surface area contributed by atoms with Crippen LogP contribution in [0.2, 0.25) is 0 Å². The van der Waals surface area contributed by atoms with Gasteiger partial charge in [0.1, 0.15) is 17.4 Å². The minimum Gasteiger partial charge on any atom is -0.493 e. The third kappa shape index (κ3) is 5.78. The number of rotatable bonds is 8. The van der Waals surface area contributed by atoms with E-state index in [0.717, 1.165) is 4.47 Å². The number of ether oxygens (including phenoxy) is 1. The largest absolute Gasteiger partial charge is 0.493 e. The van der Waals surface area contributed by atoms with Crippen molar-refractivity contribution in [2.75, 3.05) is 12.0 Å². The lowest BCUT2D eigenvalue weighted by atomic mass is 10.1. The number of unbranched alkanes of at least 4 members (excludes halogenated alkanes) is 1. The number of nitrogens with zero attached hydrogens (tertiary/aromatic N) is 4. The standard InChI is InChI=1S/C22H17BrN6O2/c23-17-8-9-19(31-11-5-4-10-24)16(12-17)14-26-29-22-27-20(15-6-2-1-3-7-15)18(13-25)21(30)28-22/h1-3,6-9,12,14H,4-5,11H2,(H2,27,28,29,30). The zero-order chi connectivity index (χ0) is 22.1. The van der Waals surface area contributed by atoms with E-state index in [1.807, 2.05) is 24.3 Å². The van der Waals surface area contributed by atoms with E-state index >= 15 is 0 Å². The topological polar surface area (TPSA) is 127 Å². The van der Waals surface area contributed by atoms with Crippen molar-refractivity contribution in [1.29, 1.82) is 10.5 Å². The molecule has 0 radical (unpaired) electrons. The van der Waals surface area contributed by atoms with Gasteiger partial charge in [-0.2, -0.15) is 15.6 Å². The second-order valence-corrected chi connectivity index (χ2v) is 7.19. The molecule has 0 unspecified atom stereocenters. The first-order valence-electron chi connectivity index (χ1n) is 9.30. The first-order valence-corrected chi connectivity index (χ1v) is 10.1. The van der Waals surface area contributed by atoms with Crippen LogP contribution in [0.3, 0.4) is 0 Å². The van der Waals surface area contributed by atoms with E-state index in [-0.39, 0.29) is 17.2 Å². The van der Waals surface area contributed by atoms with E-state index in [2.05, 4.69) is 42.5 Å². The summed E-state index contributed by atoms with van der Waals surface area (Å²) in [6, 6.07) is 18.4. The molecule has 154 valence electrons. The monoisotopic (exact) mass is 476 g/mol. The molecule has 0 aliphatic carbocycles. The lowest BCUT2D eigenvalue weighted by Crippen LogP contribution is -2.16. The molecule has 0 saturated carbocycles. The summed E-state index contributed by atoms with van der Waals surface area (Å²) in [7, 11) is 0. The van der Waals surface area contributed by atoms with Crippen LogP contribution in [0.1, 0.15) is 24.0 Å². The van der Waals surface area contributed by atoms with Crippen LogP contribution in [0, 0.1) is 22.7 Å². The van der Waals surface area contributed by atoms with Gasteiger partial charge in [-0.3, -0.25) is 9.78 Å². The first-order chi connectivity index (χ1) is 15.1. The number of halogens is 1. The Hall–Kier alpha value is -3.95. The number of aromatic nitrogens is 2. The van der Waals surface area contributed by atoms with Gasteiger partial charge in [-0.15, -0.1) is 0 Å². The van der Waals surface area contributed by atoms with Crippen LogP contribution in [-0.4, -0.2) is 22.8 Å². The number of H-pyrrole nitrogens is 1. The molecule has 8 nitrogen and oxygen atoms in total. The van der Waals surface area contributed by atoms with E-state index in [0.29, 0.717) is 36.3 Å². The molecule has 3 aromatic rings. The number of hydrazone groups is 1. The highest BCUT2D eigenvalue weighted by Gasteiger charge is 2.13. The van der Waals surface area contributed by atoms with Gasteiger partial charge in [-0.05, 0) is 24.6 Å². The molecule has 1 heterocycles. The normalized spacial score (nSPS) is 10.4. The van der Waals surface area contributed by atoms with Gasteiger partial charge in [0, 0.05) is 22.0 Å². The van der Waals surface area contributed by atoms with Crippen molar-refractivity contribution in [2.45, 2.75) is 12.8 Å². The van der Waals surface area contributed by atoms with E-state index in [4.69, 9.17) is 10.00 Å². The molecule has 0 amide bonds. The van der Waals surface area contributed by atoms with Crippen molar-refractivity contribution < 1.29 is 4.74 Å². The molecule has 1 aromatic heterocycles. The molecular weight excluding hydrogens is 460 g/mol. The molecule has 0 bridgehead atoms. The van der Waals surface area contributed by atoms with Crippen molar-refractivity contribution in [3.05, 3.63) is 74.5 Å². The number of hydrogen-bond acceptors (Lipinski definition) is 7. The lowest BCUT2D eigenvalue weighted by molar-refractivity contribution is 0.312. The fourth-order valence-electron chi connectivity index (χ4n) is 2.68. The Morgan fingerprint density at radius 3 is 2.77 bits per heavy atom. The molecule has 0 fully saturated rings. The van der Waals surface area contributed by atoms with E-state index in [1.54, 1.807) is 30.3 Å². The van der Waals surface area contributed by atoms with Gasteiger partial charge in [0.25, 0.3) is 5.56 Å². The Morgan fingerprint density at radius 1 is 1.23 bits per heavy atom. The Balaban J connectivity index is 1.83. The molecule has 0 atom stereocenters. The Labute approximate surface area is 187 Å². The zero-order valence-electron chi connectivity index (χ0n) is 16.3. The highest BCUT2D eigenvalue weighted by atomic mass is 79.9. The molecule has 3 rings (SSSR count). The number of hydrogen-bond donors (Lipinski definition) is 2. The summed E-state index contributed by atoms with van der Waals surface area (Å²) in [4.78, 5) is 19.2. The zero-order valence-corrected chi connectivity index (χ0v) is 17.9. The number of benzene rings is 2. The summed E-state index contributed by atoms with van der Waals surface area (Å²) in [6.45, 7) is 0.411. The van der Waals surface area contributed by atoms with Gasteiger partial charge in [0.15, 0.2) is 0 Å². The minimum absolute atomic E-state index is 0.0687. The third-order valence-corrected chi connectivity index (χ3v) is 4.61. The van der Waals surface area contributed by atoms with Gasteiger partial charge in [-0.1, -0.05) is 46.3 Å². The van der Waals surface area contributed by atoms with Crippen molar-refractivity contribution >= 4 is 28.1 Å². The van der Waals surface area contributed by atoms with E-state index < -0.39 is 5.56 Å². The quantitative estimate of drug-likeness (QED) is 0.285. The fourth-order valence-corrected chi connectivity index (χ4v) is 3.06. The third-order valence-electron chi connectivity index (χ3n) is 4.11. The average molecular weight is 477 g/mol. The molecule has 9 heteroatoms. The Kier molecular flexibility index (Phi) is 7.52. The van der Waals surface area contributed by atoms with Crippen LogP contribution >= 0.6 is 15.9 Å². The number of nitrogens with one attached hydrogen (secondary N) is 2. The first kappa shape index (κ1) is 21.8. The maximum atomic E-state index is 12.3. The lowest BCUT2D eigenvalue weighted by Gasteiger charge is -2.09. The minimum atomic E-state index is -0.557. The number of aromatic amines is 1. The molecule has 2 aromatic carbocycles. The van der Waals surface area contributed by atoms with Crippen molar-refractivity contribution in [1.82, 2.24) is 9.97 Å². The molecule has 0 saturated heterocycles. The SMILES string of the molecule is N#CCCCOc1ccc(Br)cc1C=NNc1nc(-c2ccccc2)c(C#N)c(=O)[nH]1. The average Bonchev–Trinajstić information content (AvgIpc) is 2.78. The van der Waals surface area contributed by atoms with Crippen molar-refractivity contribution in [3.8, 4) is 29.1 Å². The van der Waals surface area contributed by atoms with Gasteiger partial charge in [0.05, 0.1) is 24.6 Å². The van der Waals surface area contributed by atoms with Gasteiger partial charge in [0.2, 0.25) is 5.95 Å². The molecule has 0 aliphatic heterocycles. The van der Waals surface area contributed by atoms with Crippen LogP contribution in [0.25, 0.3) is 11.3 Å². The molecular formula is C22H17BrN6O2. The number of anilines is 1. The van der Waals surface area contributed by atoms with Crippen LogP contribution in [0.5, 0.6) is 5.75 Å². The predicted molar refractivity (Wildman–Crippen MR) is 121 cm³/mol. The van der Waals surface area contributed by atoms with Crippen molar-refractivity contribution in [3.63, 3.8) is 0 Å². The molecule has 2 N–H and O–H groups in total. The summed E-state index contributed by atoms with van der Waals surface area (Å²) in [5, 5.41) is 22.1. The van der Waals surface area contributed by atoms with Crippen LogP contribution in [0.15, 0.2) is 62.9 Å². The summed E-state index contributed by atoms with van der Waals surface area (Å²) in [6.07, 6.45) is 2.58. The fraction of sp³-hybridized carbons (Fsp3) is 0.136. The maximum absolute atomic E-state index is 12.3. The molecule has 0 spiro atoms. The van der Waals surface area contributed by atoms with Gasteiger partial charge in [-0.25, -0.2) is 10.4 Å². The van der Waals surface area contributed by atoms with Crippen LogP contribution in [-0.2, 0) is 0 Å². The summed E-state index contributed by atoms with van der Waals surface area (Å²) in [5.41, 5.74) is 3.69. The van der Waals surface area contributed by atoms with E-state index in [1.165, 1.54) is 6.21 Å². The Bertz CT molecular complexity index is 1230. The second-order valence-electron chi connectivity index (χ2n) is 6.28. The molecule has 31 heavy (non-hydrogen) atoms. The van der Waals surface area contributed by atoms with Crippen LogP contribution < -0.4 is 15.7 Å². The van der Waals surface area contributed by atoms with Crippen LogP contribution in [0.4, 0.5) is 5.95 Å². The van der Waals surface area contributed by atoms with Gasteiger partial charge < -0.3 is 4.74 Å². The second kappa shape index (κ2) is 10.7. The highest BCUT2D eigenvalue weighted by molar-refractivity contribution is 9.10. The van der Waals surface area contributed by atoms with Crippen molar-refractivity contribution in [2.24, 2.45) is 5.10 Å². The number of nitriles is 2. The summed E-state index contributed by atoms with van der Waals surface area (Å²) < 4.78 is 6.57. The molecule has 0 aliphatic rings.